The van der Waals surface area contributed by atoms with E-state index in [2.05, 4.69) is 45.2 Å². The minimum absolute atomic E-state index is 0. The van der Waals surface area contributed by atoms with Crippen LogP contribution in [0.2, 0.25) is 0 Å². The molecule has 0 bridgehead atoms. The van der Waals surface area contributed by atoms with Crippen LogP contribution >= 0.6 is 24.0 Å². The van der Waals surface area contributed by atoms with Crippen LogP contribution in [0.3, 0.4) is 0 Å². The zero-order valence-electron chi connectivity index (χ0n) is 14.6. The number of aliphatic imine (C=N–C) groups is 1. The molecule has 2 rings (SSSR count). The van der Waals surface area contributed by atoms with Crippen LogP contribution in [0.1, 0.15) is 12.1 Å². The maximum absolute atomic E-state index is 5.69. The molecular weight excluding hydrogens is 415 g/mol. The standard InChI is InChI=1S/C18H26N4O.HI/c1-19-18(22(3)15-16-9-7-13-21(16)2)20-12-8-14-23-17-10-5-4-6-11-17;/h4-7,9-11,13H,8,12,14-15H2,1-3H3,(H,19,20);1H. The van der Waals surface area contributed by atoms with E-state index in [9.17, 15) is 0 Å². The lowest BCUT2D eigenvalue weighted by Crippen LogP contribution is -2.39. The molecule has 1 aromatic heterocycles. The van der Waals surface area contributed by atoms with Crippen LogP contribution < -0.4 is 10.1 Å². The maximum atomic E-state index is 5.69. The molecule has 0 radical (unpaired) electrons. The van der Waals surface area contributed by atoms with Crippen LogP contribution in [0.5, 0.6) is 5.75 Å². The van der Waals surface area contributed by atoms with Crippen molar-refractivity contribution in [1.29, 1.82) is 0 Å². The molecular formula is C18H27IN4O. The molecule has 132 valence electrons. The minimum Gasteiger partial charge on any atom is -0.494 e. The second-order valence-corrected chi connectivity index (χ2v) is 5.46. The largest absolute Gasteiger partial charge is 0.494 e. The van der Waals surface area contributed by atoms with Crippen LogP contribution in [0.4, 0.5) is 0 Å². The molecule has 6 heteroatoms. The summed E-state index contributed by atoms with van der Waals surface area (Å²) < 4.78 is 7.81. The highest BCUT2D eigenvalue weighted by Crippen LogP contribution is 2.08. The van der Waals surface area contributed by atoms with Crippen molar-refractivity contribution in [2.45, 2.75) is 13.0 Å². The summed E-state index contributed by atoms with van der Waals surface area (Å²) in [7, 11) is 5.91. The summed E-state index contributed by atoms with van der Waals surface area (Å²) >= 11 is 0. The van der Waals surface area contributed by atoms with Gasteiger partial charge in [-0.1, -0.05) is 18.2 Å². The molecule has 1 heterocycles. The first kappa shape index (κ1) is 20.3. The van der Waals surface area contributed by atoms with E-state index in [1.165, 1.54) is 5.69 Å². The molecule has 0 aliphatic carbocycles. The van der Waals surface area contributed by atoms with Crippen LogP contribution in [0.25, 0.3) is 0 Å². The van der Waals surface area contributed by atoms with E-state index in [0.717, 1.165) is 31.2 Å². The number of guanidine groups is 1. The highest BCUT2D eigenvalue weighted by molar-refractivity contribution is 14.0. The third-order valence-corrected chi connectivity index (χ3v) is 3.64. The SMILES string of the molecule is CN=C(NCCCOc1ccccc1)N(C)Cc1cccn1C.I. The number of hydrogen-bond donors (Lipinski definition) is 1. The van der Waals surface area contributed by atoms with Gasteiger partial charge in [-0.05, 0) is 30.7 Å². The highest BCUT2D eigenvalue weighted by Gasteiger charge is 2.07. The minimum atomic E-state index is 0. The normalized spacial score (nSPS) is 10.9. The number of rotatable bonds is 7. The van der Waals surface area contributed by atoms with Gasteiger partial charge in [0.15, 0.2) is 5.96 Å². The molecule has 0 fully saturated rings. The predicted octanol–water partition coefficient (Wildman–Crippen LogP) is 3.12. The van der Waals surface area contributed by atoms with Crippen LogP contribution in [0, 0.1) is 0 Å². The first-order valence-corrected chi connectivity index (χ1v) is 7.90. The molecule has 0 unspecified atom stereocenters. The van der Waals surface area contributed by atoms with E-state index >= 15 is 0 Å². The third kappa shape index (κ3) is 6.43. The van der Waals surface area contributed by atoms with E-state index in [4.69, 9.17) is 4.74 Å². The number of para-hydroxylation sites is 1. The van der Waals surface area contributed by atoms with Gasteiger partial charge in [0.05, 0.1) is 13.2 Å². The lowest BCUT2D eigenvalue weighted by molar-refractivity contribution is 0.310. The van der Waals surface area contributed by atoms with E-state index in [0.29, 0.717) is 6.61 Å². The van der Waals surface area contributed by atoms with Gasteiger partial charge < -0.3 is 19.5 Å². The molecule has 1 N–H and O–H groups in total. The summed E-state index contributed by atoms with van der Waals surface area (Å²) in [5, 5.41) is 3.37. The monoisotopic (exact) mass is 442 g/mol. The predicted molar refractivity (Wildman–Crippen MR) is 110 cm³/mol. The Kier molecular flexibility index (Phi) is 9.29. The van der Waals surface area contributed by atoms with Gasteiger partial charge in [0.25, 0.3) is 0 Å². The Labute approximate surface area is 161 Å². The molecule has 2 aromatic rings. The van der Waals surface area contributed by atoms with E-state index in [1.807, 2.05) is 44.4 Å². The second-order valence-electron chi connectivity index (χ2n) is 5.46. The second kappa shape index (κ2) is 11.0. The Morgan fingerprint density at radius 3 is 2.58 bits per heavy atom. The van der Waals surface area contributed by atoms with Gasteiger partial charge >= 0.3 is 0 Å². The molecule has 5 nitrogen and oxygen atoms in total. The Bertz CT molecular complexity index is 612. The summed E-state index contributed by atoms with van der Waals surface area (Å²) in [5.74, 6) is 1.81. The fraction of sp³-hybridized carbons (Fsp3) is 0.389. The number of aromatic nitrogens is 1. The van der Waals surface area contributed by atoms with Gasteiger partial charge in [0.1, 0.15) is 5.75 Å². The van der Waals surface area contributed by atoms with Crippen LogP contribution in [0.15, 0.2) is 53.7 Å². The lowest BCUT2D eigenvalue weighted by atomic mass is 10.3. The van der Waals surface area contributed by atoms with Gasteiger partial charge in [-0.15, -0.1) is 24.0 Å². The van der Waals surface area contributed by atoms with Crippen molar-refractivity contribution in [2.24, 2.45) is 12.0 Å². The van der Waals surface area contributed by atoms with Gasteiger partial charge in [-0.3, -0.25) is 4.99 Å². The van der Waals surface area contributed by atoms with Crippen molar-refractivity contribution in [3.8, 4) is 5.75 Å². The molecule has 0 atom stereocenters. The molecule has 0 saturated carbocycles. The number of halogens is 1. The Hall–Kier alpha value is -1.70. The van der Waals surface area contributed by atoms with Gasteiger partial charge in [0.2, 0.25) is 0 Å². The quantitative estimate of drug-likeness (QED) is 0.310. The molecule has 0 amide bonds. The Balaban J connectivity index is 0.00000288. The number of hydrogen-bond acceptors (Lipinski definition) is 2. The topological polar surface area (TPSA) is 41.8 Å². The fourth-order valence-electron chi connectivity index (χ4n) is 2.34. The zero-order chi connectivity index (χ0) is 16.5. The smallest absolute Gasteiger partial charge is 0.193 e. The van der Waals surface area contributed by atoms with Crippen molar-refractivity contribution in [3.05, 3.63) is 54.4 Å². The number of ether oxygens (including phenoxy) is 1. The van der Waals surface area contributed by atoms with Crippen molar-refractivity contribution >= 4 is 29.9 Å². The average molecular weight is 442 g/mol. The average Bonchev–Trinajstić information content (AvgIpc) is 2.96. The van der Waals surface area contributed by atoms with Crippen molar-refractivity contribution in [2.75, 3.05) is 27.2 Å². The molecule has 0 saturated heterocycles. The summed E-state index contributed by atoms with van der Waals surface area (Å²) in [6.45, 7) is 2.34. The van der Waals surface area contributed by atoms with E-state index in [-0.39, 0.29) is 24.0 Å². The van der Waals surface area contributed by atoms with E-state index < -0.39 is 0 Å². The molecule has 0 aliphatic heterocycles. The van der Waals surface area contributed by atoms with Gasteiger partial charge in [0, 0.05) is 39.6 Å². The zero-order valence-corrected chi connectivity index (χ0v) is 16.9. The molecule has 24 heavy (non-hydrogen) atoms. The number of nitrogens with one attached hydrogen (secondary N) is 1. The molecule has 0 aliphatic rings. The van der Waals surface area contributed by atoms with Crippen molar-refractivity contribution < 1.29 is 4.74 Å². The summed E-state index contributed by atoms with van der Waals surface area (Å²) in [4.78, 5) is 6.45. The van der Waals surface area contributed by atoms with Crippen LogP contribution in [-0.4, -0.2) is 42.7 Å². The Morgan fingerprint density at radius 1 is 1.21 bits per heavy atom. The number of benzene rings is 1. The third-order valence-electron chi connectivity index (χ3n) is 3.64. The van der Waals surface area contributed by atoms with Crippen molar-refractivity contribution in [3.63, 3.8) is 0 Å². The number of aryl methyl sites for hydroxylation is 1. The summed E-state index contributed by atoms with van der Waals surface area (Å²) in [5.41, 5.74) is 1.25. The fourth-order valence-corrected chi connectivity index (χ4v) is 2.34. The van der Waals surface area contributed by atoms with Crippen LogP contribution in [-0.2, 0) is 13.6 Å². The Morgan fingerprint density at radius 2 is 1.96 bits per heavy atom. The number of nitrogens with zero attached hydrogens (tertiary/aromatic N) is 3. The molecule has 1 aromatic carbocycles. The first-order valence-electron chi connectivity index (χ1n) is 7.90. The van der Waals surface area contributed by atoms with Gasteiger partial charge in [-0.25, -0.2) is 0 Å². The van der Waals surface area contributed by atoms with Crippen molar-refractivity contribution in [1.82, 2.24) is 14.8 Å². The highest BCUT2D eigenvalue weighted by atomic mass is 127. The maximum Gasteiger partial charge on any atom is 0.193 e. The van der Waals surface area contributed by atoms with Gasteiger partial charge in [-0.2, -0.15) is 0 Å². The lowest BCUT2D eigenvalue weighted by Gasteiger charge is -2.22. The molecule has 0 spiro atoms. The van der Waals surface area contributed by atoms with E-state index in [1.54, 1.807) is 0 Å². The summed E-state index contributed by atoms with van der Waals surface area (Å²) in [6.07, 6.45) is 2.98. The first-order chi connectivity index (χ1) is 11.2. The summed E-state index contributed by atoms with van der Waals surface area (Å²) in [6, 6.07) is 14.1.